The predicted molar refractivity (Wildman–Crippen MR) is 138 cm³/mol. The number of halogens is 1. The van der Waals surface area contributed by atoms with Crippen molar-refractivity contribution in [3.05, 3.63) is 45.2 Å². The highest BCUT2D eigenvalue weighted by molar-refractivity contribution is 6.24. The first kappa shape index (κ1) is 27.1. The van der Waals surface area contributed by atoms with Crippen LogP contribution in [0.5, 0.6) is 5.75 Å². The molecule has 7 N–H and O–H groups in total. The third-order valence-electron chi connectivity index (χ3n) is 9.05. The van der Waals surface area contributed by atoms with E-state index in [9.17, 15) is 34.8 Å². The van der Waals surface area contributed by atoms with Crippen molar-refractivity contribution in [2.24, 2.45) is 17.6 Å². The Hall–Kier alpha value is -3.48. The third-order valence-corrected chi connectivity index (χ3v) is 9.05. The highest BCUT2D eigenvalue weighted by Gasteiger charge is 2.63. The highest BCUT2D eigenvalue weighted by atomic mass is 19.1. The van der Waals surface area contributed by atoms with Crippen LogP contribution in [0.4, 0.5) is 10.1 Å². The molecule has 1 amide bonds. The molecule has 0 unspecified atom stereocenters. The van der Waals surface area contributed by atoms with Gasteiger partial charge in [0.2, 0.25) is 5.78 Å². The summed E-state index contributed by atoms with van der Waals surface area (Å²) in [5, 5.41) is 48.2. The fourth-order valence-corrected chi connectivity index (χ4v) is 6.63. The number of nitrogens with two attached hydrogens (primary N) is 1. The maximum Gasteiger partial charge on any atom is 0.255 e. The monoisotopic (exact) mass is 544 g/mol. The molecule has 4 aliphatic rings. The standard InChI is InChI=1S/C27H33FN4O7/c1-26(2)9-30-18-12(8-32(26)5)17(28)11-6-10-7-13-19(31(3)4)22(35)16(25(29)38)24(37)27(13,39)23(36)14(10)20(33)15(11)21(18)34/h10,13,19,30,34-36,39H,6-9H2,1-5H3,(H2,29,38)/t10-,13-,19-,27-/m0/s1. The summed E-state index contributed by atoms with van der Waals surface area (Å²) in [6.07, 6.45) is -0.206. The van der Waals surface area contributed by atoms with E-state index in [-0.39, 0.29) is 47.3 Å². The minimum Gasteiger partial charge on any atom is -0.510 e. The Morgan fingerprint density at radius 2 is 1.82 bits per heavy atom. The number of amides is 1. The second-order valence-electron chi connectivity index (χ2n) is 11.9. The lowest BCUT2D eigenvalue weighted by Crippen LogP contribution is -2.63. The van der Waals surface area contributed by atoms with Crippen molar-refractivity contribution in [3.63, 3.8) is 0 Å². The quantitative estimate of drug-likeness (QED) is 0.232. The number of likely N-dealkylation sites (N-methyl/N-ethyl adjacent to an activating group) is 2. The zero-order valence-corrected chi connectivity index (χ0v) is 22.4. The van der Waals surface area contributed by atoms with E-state index in [1.807, 2.05) is 25.8 Å². The number of benzene rings is 1. The number of primary amides is 1. The van der Waals surface area contributed by atoms with Gasteiger partial charge in [-0.05, 0) is 53.8 Å². The number of aliphatic hydroxyl groups excluding tert-OH is 2. The van der Waals surface area contributed by atoms with Crippen molar-refractivity contribution < 1.29 is 39.2 Å². The second-order valence-corrected chi connectivity index (χ2v) is 11.9. The molecule has 5 rings (SSSR count). The largest absolute Gasteiger partial charge is 0.510 e. The van der Waals surface area contributed by atoms with Crippen LogP contribution in [0.3, 0.4) is 0 Å². The number of aliphatic hydroxyl groups is 3. The number of Topliss-reactive ketones (excluding diaryl/α,β-unsaturated/α-hetero) is 2. The van der Waals surface area contributed by atoms with Gasteiger partial charge in [-0.2, -0.15) is 0 Å². The number of hydrogen-bond donors (Lipinski definition) is 6. The number of phenolic OH excluding ortho intramolecular Hbond substituents is 1. The van der Waals surface area contributed by atoms with Crippen LogP contribution in [0.2, 0.25) is 0 Å². The van der Waals surface area contributed by atoms with Crippen LogP contribution >= 0.6 is 0 Å². The summed E-state index contributed by atoms with van der Waals surface area (Å²) in [6.45, 7) is 4.42. The molecular weight excluding hydrogens is 511 g/mol. The van der Waals surface area contributed by atoms with Gasteiger partial charge in [0.25, 0.3) is 5.91 Å². The SMILES string of the molecule is CN(C)[C@@H]1C(O)=C(C(N)=O)C(=O)[C@@]2(O)C(O)=C3C(=O)c4c(O)c5c(c(F)c4C[C@H]3C[C@@H]12)CN(C)C(C)(C)CN5. The molecule has 0 fully saturated rings. The van der Waals surface area contributed by atoms with Gasteiger partial charge in [0.1, 0.15) is 22.9 Å². The number of nitrogens with zero attached hydrogens (tertiary/aromatic N) is 2. The Kier molecular flexibility index (Phi) is 5.91. The number of phenols is 1. The van der Waals surface area contributed by atoms with Crippen molar-refractivity contribution in [2.75, 3.05) is 33.0 Å². The molecule has 0 saturated carbocycles. The van der Waals surface area contributed by atoms with Gasteiger partial charge in [-0.1, -0.05) is 0 Å². The molecule has 0 bridgehead atoms. The molecule has 0 saturated heterocycles. The van der Waals surface area contributed by atoms with E-state index in [1.54, 1.807) is 14.1 Å². The molecule has 1 aromatic rings. The number of ketones is 2. The summed E-state index contributed by atoms with van der Waals surface area (Å²) in [6, 6.07) is -1.11. The Morgan fingerprint density at radius 1 is 1.18 bits per heavy atom. The maximum absolute atomic E-state index is 16.1. The first-order valence-corrected chi connectivity index (χ1v) is 12.7. The summed E-state index contributed by atoms with van der Waals surface area (Å²) >= 11 is 0. The number of carbonyl (C=O) groups is 3. The second kappa shape index (κ2) is 8.51. The molecule has 4 atom stereocenters. The molecule has 1 aliphatic heterocycles. The number of anilines is 1. The number of fused-ring (bicyclic) bond motifs is 4. The number of allylic oxidation sites excluding steroid dienone is 1. The first-order valence-electron chi connectivity index (χ1n) is 12.7. The summed E-state index contributed by atoms with van der Waals surface area (Å²) in [7, 11) is 4.93. The van der Waals surface area contributed by atoms with Crippen LogP contribution in [0.1, 0.15) is 41.8 Å². The predicted octanol–water partition coefficient (Wildman–Crippen LogP) is 0.896. The summed E-state index contributed by atoms with van der Waals surface area (Å²) in [5.74, 6) is -8.29. The van der Waals surface area contributed by atoms with E-state index in [2.05, 4.69) is 5.32 Å². The Morgan fingerprint density at radius 3 is 2.41 bits per heavy atom. The number of aromatic hydroxyl groups is 1. The fraction of sp³-hybridized carbons (Fsp3) is 0.519. The average molecular weight is 545 g/mol. The summed E-state index contributed by atoms with van der Waals surface area (Å²) in [4.78, 5) is 42.7. The van der Waals surface area contributed by atoms with Crippen molar-refractivity contribution in [2.45, 2.75) is 50.4 Å². The Balaban J connectivity index is 1.71. The van der Waals surface area contributed by atoms with Gasteiger partial charge in [0.05, 0.1) is 17.3 Å². The van der Waals surface area contributed by atoms with Crippen LogP contribution < -0.4 is 11.1 Å². The van der Waals surface area contributed by atoms with Gasteiger partial charge in [-0.3, -0.25) is 24.2 Å². The van der Waals surface area contributed by atoms with Gasteiger partial charge in [0.15, 0.2) is 17.1 Å². The van der Waals surface area contributed by atoms with Crippen molar-refractivity contribution >= 4 is 23.2 Å². The molecule has 11 nitrogen and oxygen atoms in total. The summed E-state index contributed by atoms with van der Waals surface area (Å²) in [5.41, 5.74) is 0.934. The lowest BCUT2D eigenvalue weighted by molar-refractivity contribution is -0.148. The molecule has 12 heteroatoms. The smallest absolute Gasteiger partial charge is 0.255 e. The van der Waals surface area contributed by atoms with Crippen LogP contribution in [0.25, 0.3) is 0 Å². The van der Waals surface area contributed by atoms with Crippen LogP contribution in [0.15, 0.2) is 22.7 Å². The molecule has 1 heterocycles. The normalized spacial score (nSPS) is 30.3. The lowest BCUT2D eigenvalue weighted by Gasteiger charge is -2.50. The van der Waals surface area contributed by atoms with Gasteiger partial charge in [-0.25, -0.2) is 4.39 Å². The molecule has 1 aromatic carbocycles. The Labute approximate surface area is 224 Å². The van der Waals surface area contributed by atoms with Crippen LogP contribution in [-0.2, 0) is 22.6 Å². The van der Waals surface area contributed by atoms with Gasteiger partial charge >= 0.3 is 0 Å². The molecule has 0 aromatic heterocycles. The zero-order chi connectivity index (χ0) is 28.9. The number of rotatable bonds is 2. The third kappa shape index (κ3) is 3.47. The molecule has 3 aliphatic carbocycles. The number of nitrogens with one attached hydrogen (secondary N) is 1. The molecule has 210 valence electrons. The van der Waals surface area contributed by atoms with E-state index in [1.165, 1.54) is 4.90 Å². The first-order chi connectivity index (χ1) is 18.1. The Bertz CT molecular complexity index is 1420. The van der Waals surface area contributed by atoms with Gasteiger partial charge < -0.3 is 31.5 Å². The van der Waals surface area contributed by atoms with Crippen LogP contribution in [-0.4, -0.2) is 92.6 Å². The molecular formula is C27H33FN4O7. The fourth-order valence-electron chi connectivity index (χ4n) is 6.63. The van der Waals surface area contributed by atoms with E-state index in [0.717, 1.165) is 0 Å². The summed E-state index contributed by atoms with van der Waals surface area (Å²) < 4.78 is 16.1. The van der Waals surface area contributed by atoms with Gasteiger partial charge in [0, 0.05) is 41.2 Å². The topological polar surface area (TPSA) is 177 Å². The number of hydrogen-bond acceptors (Lipinski definition) is 10. The molecule has 0 radical (unpaired) electrons. The van der Waals surface area contributed by atoms with Crippen LogP contribution in [0, 0.1) is 17.7 Å². The molecule has 0 spiro atoms. The van der Waals surface area contributed by atoms with E-state index in [4.69, 9.17) is 5.73 Å². The maximum atomic E-state index is 16.1. The zero-order valence-electron chi connectivity index (χ0n) is 22.4. The number of carbonyl (C=O) groups excluding carboxylic acids is 3. The van der Waals surface area contributed by atoms with Crippen molar-refractivity contribution in [1.82, 2.24) is 9.80 Å². The lowest BCUT2D eigenvalue weighted by atomic mass is 9.58. The van der Waals surface area contributed by atoms with E-state index < -0.39 is 75.1 Å². The van der Waals surface area contributed by atoms with Crippen molar-refractivity contribution in [1.29, 1.82) is 0 Å². The average Bonchev–Trinajstić information content (AvgIpc) is 2.95. The van der Waals surface area contributed by atoms with Gasteiger partial charge in [-0.15, -0.1) is 0 Å². The van der Waals surface area contributed by atoms with Crippen molar-refractivity contribution in [3.8, 4) is 5.75 Å². The molecule has 39 heavy (non-hydrogen) atoms. The minimum absolute atomic E-state index is 0.0146. The van der Waals surface area contributed by atoms with E-state index in [0.29, 0.717) is 6.54 Å². The highest BCUT2D eigenvalue weighted by Crippen LogP contribution is 2.53. The minimum atomic E-state index is -2.74. The van der Waals surface area contributed by atoms with E-state index >= 15 is 4.39 Å².